The predicted molar refractivity (Wildman–Crippen MR) is 120 cm³/mol. The zero-order chi connectivity index (χ0) is 18.8. The third-order valence-electron chi connectivity index (χ3n) is 3.99. The van der Waals surface area contributed by atoms with Crippen molar-refractivity contribution in [3.63, 3.8) is 0 Å². The number of aliphatic imine (C=N–C) groups is 1. The number of furan rings is 1. The van der Waals surface area contributed by atoms with Crippen LogP contribution in [-0.2, 0) is 11.3 Å². The van der Waals surface area contributed by atoms with E-state index in [1.165, 1.54) is 11.1 Å². The highest BCUT2D eigenvalue weighted by Gasteiger charge is 2.07. The lowest BCUT2D eigenvalue weighted by Crippen LogP contribution is -2.40. The van der Waals surface area contributed by atoms with Gasteiger partial charge in [0.05, 0.1) is 12.8 Å². The fourth-order valence-corrected chi connectivity index (χ4v) is 2.41. The van der Waals surface area contributed by atoms with Crippen LogP contribution in [0.4, 0.5) is 0 Å². The molecule has 27 heavy (non-hydrogen) atoms. The van der Waals surface area contributed by atoms with Crippen molar-refractivity contribution in [3.8, 4) is 0 Å². The Morgan fingerprint density at radius 3 is 2.52 bits per heavy atom. The maximum Gasteiger partial charge on any atom is 0.242 e. The molecular formula is C20H29IN4O2. The topological polar surface area (TPSA) is 78.7 Å². The molecule has 0 bridgehead atoms. The Hall–Kier alpha value is -2.03. The zero-order valence-electron chi connectivity index (χ0n) is 16.1. The van der Waals surface area contributed by atoms with Crippen molar-refractivity contribution in [1.82, 2.24) is 16.0 Å². The Balaban J connectivity index is 0.00000364. The van der Waals surface area contributed by atoms with Crippen LogP contribution in [0.25, 0.3) is 0 Å². The largest absolute Gasteiger partial charge is 0.467 e. The number of guanidine groups is 1. The fraction of sp³-hybridized carbons (Fsp3) is 0.400. The third kappa shape index (κ3) is 8.47. The van der Waals surface area contributed by atoms with E-state index in [0.717, 1.165) is 18.8 Å². The number of nitrogens with zero attached hydrogens (tertiary/aromatic N) is 1. The van der Waals surface area contributed by atoms with Gasteiger partial charge in [0.1, 0.15) is 12.3 Å². The van der Waals surface area contributed by atoms with Crippen LogP contribution in [0.3, 0.4) is 0 Å². The Kier molecular flexibility index (Phi) is 10.5. The molecule has 0 radical (unpaired) electrons. The number of hydrogen-bond donors (Lipinski definition) is 3. The van der Waals surface area contributed by atoms with Gasteiger partial charge >= 0.3 is 0 Å². The summed E-state index contributed by atoms with van der Waals surface area (Å²) in [6.07, 6.45) is 1.59. The molecule has 1 aromatic carbocycles. The van der Waals surface area contributed by atoms with Gasteiger partial charge in [-0.3, -0.25) is 4.79 Å². The summed E-state index contributed by atoms with van der Waals surface area (Å²) in [6, 6.07) is 12.1. The van der Waals surface area contributed by atoms with Gasteiger partial charge in [-0.2, -0.15) is 0 Å². The molecule has 7 heteroatoms. The molecule has 1 heterocycles. The van der Waals surface area contributed by atoms with Gasteiger partial charge in [-0.25, -0.2) is 4.99 Å². The lowest BCUT2D eigenvalue weighted by Gasteiger charge is -2.16. The van der Waals surface area contributed by atoms with Gasteiger partial charge < -0.3 is 20.4 Å². The van der Waals surface area contributed by atoms with Crippen LogP contribution in [0.15, 0.2) is 52.1 Å². The number of hydrogen-bond acceptors (Lipinski definition) is 3. The van der Waals surface area contributed by atoms with E-state index in [0.29, 0.717) is 18.4 Å². The van der Waals surface area contributed by atoms with Crippen molar-refractivity contribution in [3.05, 3.63) is 59.5 Å². The highest BCUT2D eigenvalue weighted by Crippen LogP contribution is 2.14. The van der Waals surface area contributed by atoms with Gasteiger partial charge in [0.15, 0.2) is 5.96 Å². The van der Waals surface area contributed by atoms with Gasteiger partial charge in [0.25, 0.3) is 0 Å². The van der Waals surface area contributed by atoms with E-state index < -0.39 is 0 Å². The molecule has 0 spiro atoms. The lowest BCUT2D eigenvalue weighted by atomic mass is 10.0. The molecule has 0 aliphatic rings. The van der Waals surface area contributed by atoms with Crippen molar-refractivity contribution in [2.75, 3.05) is 19.6 Å². The molecule has 1 aromatic heterocycles. The van der Waals surface area contributed by atoms with Gasteiger partial charge in [-0.15, -0.1) is 24.0 Å². The minimum absolute atomic E-state index is 0. The fourth-order valence-electron chi connectivity index (χ4n) is 2.41. The van der Waals surface area contributed by atoms with Gasteiger partial charge in [0.2, 0.25) is 5.91 Å². The van der Waals surface area contributed by atoms with Crippen molar-refractivity contribution in [2.45, 2.75) is 33.2 Å². The Morgan fingerprint density at radius 2 is 1.89 bits per heavy atom. The monoisotopic (exact) mass is 484 g/mol. The summed E-state index contributed by atoms with van der Waals surface area (Å²) in [5, 5.41) is 9.25. The minimum atomic E-state index is -0.148. The summed E-state index contributed by atoms with van der Waals surface area (Å²) in [7, 11) is 0. The average Bonchev–Trinajstić information content (AvgIpc) is 3.16. The van der Waals surface area contributed by atoms with E-state index in [1.807, 2.05) is 13.0 Å². The van der Waals surface area contributed by atoms with Crippen molar-refractivity contribution < 1.29 is 9.21 Å². The summed E-state index contributed by atoms with van der Waals surface area (Å²) in [6.45, 7) is 8.15. The van der Waals surface area contributed by atoms with Gasteiger partial charge in [0, 0.05) is 13.1 Å². The molecular weight excluding hydrogens is 455 g/mol. The second kappa shape index (κ2) is 12.4. The van der Waals surface area contributed by atoms with Crippen LogP contribution >= 0.6 is 24.0 Å². The standard InChI is InChI=1S/C20H28N4O2.HI/c1-4-21-20(23-12-16(3)17-9-7-15(2)8-10-17)24-14-19(25)22-13-18-6-5-11-26-18;/h5-11,16H,4,12-14H2,1-3H3,(H,22,25)(H2,21,23,24);1H. The van der Waals surface area contributed by atoms with E-state index in [1.54, 1.807) is 12.3 Å². The lowest BCUT2D eigenvalue weighted by molar-refractivity contribution is -0.119. The van der Waals surface area contributed by atoms with Gasteiger partial charge in [-0.05, 0) is 37.5 Å². The Labute approximate surface area is 178 Å². The normalized spacial score (nSPS) is 12.0. The minimum Gasteiger partial charge on any atom is -0.467 e. The molecule has 148 valence electrons. The van der Waals surface area contributed by atoms with Crippen LogP contribution in [0.2, 0.25) is 0 Å². The van der Waals surface area contributed by atoms with E-state index >= 15 is 0 Å². The molecule has 0 saturated heterocycles. The number of nitrogens with one attached hydrogen (secondary N) is 3. The number of halogens is 1. The maximum absolute atomic E-state index is 11.9. The molecule has 6 nitrogen and oxygen atoms in total. The number of amides is 1. The first-order valence-electron chi connectivity index (χ1n) is 8.96. The number of rotatable bonds is 8. The van der Waals surface area contributed by atoms with Crippen molar-refractivity contribution >= 4 is 35.8 Å². The molecule has 2 aromatic rings. The predicted octanol–water partition coefficient (Wildman–Crippen LogP) is 3.18. The third-order valence-corrected chi connectivity index (χ3v) is 3.99. The number of aryl methyl sites for hydroxylation is 1. The molecule has 0 saturated carbocycles. The summed E-state index contributed by atoms with van der Waals surface area (Å²) in [4.78, 5) is 16.3. The maximum atomic E-state index is 11.9. The Morgan fingerprint density at radius 1 is 1.15 bits per heavy atom. The smallest absolute Gasteiger partial charge is 0.242 e. The highest BCUT2D eigenvalue weighted by molar-refractivity contribution is 14.0. The molecule has 1 amide bonds. The van der Waals surface area contributed by atoms with Crippen molar-refractivity contribution in [1.29, 1.82) is 0 Å². The van der Waals surface area contributed by atoms with Crippen LogP contribution in [0.5, 0.6) is 0 Å². The summed E-state index contributed by atoms with van der Waals surface area (Å²) >= 11 is 0. The SMILES string of the molecule is CCNC(=NCC(=O)NCc1ccco1)NCC(C)c1ccc(C)cc1.I. The first-order valence-corrected chi connectivity index (χ1v) is 8.96. The summed E-state index contributed by atoms with van der Waals surface area (Å²) in [5.41, 5.74) is 2.53. The zero-order valence-corrected chi connectivity index (χ0v) is 18.4. The average molecular weight is 484 g/mol. The quantitative estimate of drug-likeness (QED) is 0.306. The second-order valence-corrected chi connectivity index (χ2v) is 6.24. The van der Waals surface area contributed by atoms with Crippen LogP contribution in [-0.4, -0.2) is 31.5 Å². The molecule has 2 rings (SSSR count). The number of carbonyl (C=O) groups is 1. The highest BCUT2D eigenvalue weighted by atomic mass is 127. The summed E-state index contributed by atoms with van der Waals surface area (Å²) < 4.78 is 5.19. The van der Waals surface area contributed by atoms with E-state index in [2.05, 4.69) is 59.1 Å². The number of carbonyl (C=O) groups excluding carboxylic acids is 1. The van der Waals surface area contributed by atoms with Crippen LogP contribution < -0.4 is 16.0 Å². The molecule has 1 unspecified atom stereocenters. The summed E-state index contributed by atoms with van der Waals surface area (Å²) in [5.74, 6) is 1.55. The molecule has 0 aliphatic carbocycles. The van der Waals surface area contributed by atoms with Crippen molar-refractivity contribution in [2.24, 2.45) is 4.99 Å². The van der Waals surface area contributed by atoms with E-state index in [9.17, 15) is 4.79 Å². The van der Waals surface area contributed by atoms with Crippen LogP contribution in [0.1, 0.15) is 36.7 Å². The molecule has 1 atom stereocenters. The van der Waals surface area contributed by atoms with E-state index in [4.69, 9.17) is 4.42 Å². The second-order valence-electron chi connectivity index (χ2n) is 6.24. The number of benzene rings is 1. The van der Waals surface area contributed by atoms with Crippen LogP contribution in [0, 0.1) is 6.92 Å². The molecule has 3 N–H and O–H groups in total. The molecule has 0 fully saturated rings. The van der Waals surface area contributed by atoms with Gasteiger partial charge in [-0.1, -0.05) is 36.8 Å². The van der Waals surface area contributed by atoms with E-state index in [-0.39, 0.29) is 36.4 Å². The molecule has 0 aliphatic heterocycles. The first kappa shape index (κ1) is 23.0. The first-order chi connectivity index (χ1) is 12.6. The Bertz CT molecular complexity index is 699.